The normalized spacial score (nSPS) is 12.4. The second-order valence-corrected chi connectivity index (χ2v) is 6.61. The first kappa shape index (κ1) is 15.9. The highest BCUT2D eigenvalue weighted by molar-refractivity contribution is 7.91. The maximum Gasteiger partial charge on any atom is 0.397 e. The smallest absolute Gasteiger partial charge is 0.355 e. The van der Waals surface area contributed by atoms with E-state index in [1.165, 1.54) is 12.1 Å². The molecule has 1 heterocycles. The van der Waals surface area contributed by atoms with Crippen LogP contribution in [0.5, 0.6) is 0 Å². The molecule has 0 aliphatic rings. The van der Waals surface area contributed by atoms with E-state index in [4.69, 9.17) is 5.14 Å². The first-order valence-electron chi connectivity index (χ1n) is 5.03. The predicted molar refractivity (Wildman–Crippen MR) is 63.1 cm³/mol. The number of alkyl halides is 3. The molecule has 0 saturated carbocycles. The Balaban J connectivity index is 2.42. The molecule has 10 heteroatoms. The standard InChI is InChI=1S/C9H11F3N2O3S2/c10-9(11,12)5-7(15)14-4-3-6-1-2-8(18-6)19(13,16)17/h1-2H,3-5H2,(H,14,15)(H2,13,16,17). The van der Waals surface area contributed by atoms with Gasteiger partial charge in [-0.3, -0.25) is 4.79 Å². The van der Waals surface area contributed by atoms with Gasteiger partial charge in [0.1, 0.15) is 10.6 Å². The molecule has 19 heavy (non-hydrogen) atoms. The number of carbonyl (C=O) groups is 1. The van der Waals surface area contributed by atoms with Gasteiger partial charge in [-0.15, -0.1) is 11.3 Å². The molecule has 0 unspecified atom stereocenters. The van der Waals surface area contributed by atoms with Gasteiger partial charge in [-0.05, 0) is 18.6 Å². The van der Waals surface area contributed by atoms with Gasteiger partial charge in [0.2, 0.25) is 15.9 Å². The number of sulfonamides is 1. The Bertz CT molecular complexity index is 551. The van der Waals surface area contributed by atoms with E-state index >= 15 is 0 Å². The summed E-state index contributed by atoms with van der Waals surface area (Å²) in [6.45, 7) is -0.000510. The number of carbonyl (C=O) groups excluding carboxylic acids is 1. The zero-order chi connectivity index (χ0) is 14.7. The molecule has 0 fully saturated rings. The van der Waals surface area contributed by atoms with Gasteiger partial charge in [-0.2, -0.15) is 13.2 Å². The highest BCUT2D eigenvalue weighted by atomic mass is 32.2. The average Bonchev–Trinajstić information content (AvgIpc) is 2.62. The summed E-state index contributed by atoms with van der Waals surface area (Å²) >= 11 is 0.918. The van der Waals surface area contributed by atoms with Crippen molar-refractivity contribution in [1.29, 1.82) is 0 Å². The lowest BCUT2D eigenvalue weighted by Gasteiger charge is -2.06. The third kappa shape index (κ3) is 6.03. The van der Waals surface area contributed by atoms with Crippen LogP contribution in [0.3, 0.4) is 0 Å². The van der Waals surface area contributed by atoms with Crippen LogP contribution in [0.15, 0.2) is 16.3 Å². The van der Waals surface area contributed by atoms with Crippen LogP contribution >= 0.6 is 11.3 Å². The summed E-state index contributed by atoms with van der Waals surface area (Å²) in [5, 5.41) is 7.01. The molecule has 0 spiro atoms. The third-order valence-corrected chi connectivity index (χ3v) is 4.56. The Morgan fingerprint density at radius 3 is 2.47 bits per heavy atom. The Kier molecular flexibility index (Phi) is 4.93. The minimum Gasteiger partial charge on any atom is -0.355 e. The monoisotopic (exact) mass is 316 g/mol. The lowest BCUT2D eigenvalue weighted by Crippen LogP contribution is -2.29. The summed E-state index contributed by atoms with van der Waals surface area (Å²) in [4.78, 5) is 11.5. The summed E-state index contributed by atoms with van der Waals surface area (Å²) in [6.07, 6.45) is -5.82. The van der Waals surface area contributed by atoms with E-state index < -0.39 is 28.5 Å². The molecule has 0 radical (unpaired) electrons. The number of primary sulfonamides is 1. The van der Waals surface area contributed by atoms with Crippen molar-refractivity contribution in [2.24, 2.45) is 5.14 Å². The first-order chi connectivity index (χ1) is 8.58. The zero-order valence-corrected chi connectivity index (χ0v) is 11.2. The maximum absolute atomic E-state index is 11.9. The molecule has 108 valence electrons. The molecule has 1 aromatic rings. The fourth-order valence-corrected chi connectivity index (χ4v) is 2.99. The van der Waals surface area contributed by atoms with Gasteiger partial charge in [0.25, 0.3) is 0 Å². The van der Waals surface area contributed by atoms with Gasteiger partial charge in [0.15, 0.2) is 0 Å². The number of nitrogens with one attached hydrogen (secondary N) is 1. The predicted octanol–water partition coefficient (Wildman–Crippen LogP) is 1.01. The van der Waals surface area contributed by atoms with E-state index in [0.717, 1.165) is 11.3 Å². The van der Waals surface area contributed by atoms with E-state index in [1.807, 2.05) is 0 Å². The number of thiophene rings is 1. The van der Waals surface area contributed by atoms with Crippen LogP contribution in [0, 0.1) is 0 Å². The topological polar surface area (TPSA) is 89.3 Å². The van der Waals surface area contributed by atoms with Gasteiger partial charge in [0, 0.05) is 11.4 Å². The molecule has 0 aromatic carbocycles. The SMILES string of the molecule is NS(=O)(=O)c1ccc(CCNC(=O)CC(F)(F)F)s1. The zero-order valence-electron chi connectivity index (χ0n) is 9.53. The summed E-state index contributed by atoms with van der Waals surface area (Å²) in [6, 6.07) is 2.81. The summed E-state index contributed by atoms with van der Waals surface area (Å²) in [5.74, 6) is -1.12. The molecular formula is C9H11F3N2O3S2. The quantitative estimate of drug-likeness (QED) is 0.849. The Hall–Kier alpha value is -1.13. The average molecular weight is 316 g/mol. The Morgan fingerprint density at radius 2 is 2.00 bits per heavy atom. The lowest BCUT2D eigenvalue weighted by molar-refractivity contribution is -0.153. The van der Waals surface area contributed by atoms with Crippen LogP contribution in [-0.2, 0) is 21.2 Å². The van der Waals surface area contributed by atoms with Crippen LogP contribution in [0.4, 0.5) is 13.2 Å². The highest BCUT2D eigenvalue weighted by Crippen LogP contribution is 2.21. The molecule has 0 atom stereocenters. The van der Waals surface area contributed by atoms with E-state index in [-0.39, 0.29) is 17.2 Å². The molecule has 0 bridgehead atoms. The van der Waals surface area contributed by atoms with Crippen molar-refractivity contribution in [3.05, 3.63) is 17.0 Å². The number of rotatable bonds is 5. The van der Waals surface area contributed by atoms with E-state index in [9.17, 15) is 26.4 Å². The van der Waals surface area contributed by atoms with Gasteiger partial charge in [0.05, 0.1) is 0 Å². The number of nitrogens with two attached hydrogens (primary N) is 1. The second kappa shape index (κ2) is 5.88. The van der Waals surface area contributed by atoms with Crippen LogP contribution in [0.25, 0.3) is 0 Å². The minimum absolute atomic E-state index is 0.000510. The number of halogens is 3. The Morgan fingerprint density at radius 1 is 1.37 bits per heavy atom. The molecule has 3 N–H and O–H groups in total. The van der Waals surface area contributed by atoms with Crippen LogP contribution in [0.1, 0.15) is 11.3 Å². The lowest BCUT2D eigenvalue weighted by atomic mass is 10.3. The molecule has 1 rings (SSSR count). The van der Waals surface area contributed by atoms with Gasteiger partial charge >= 0.3 is 6.18 Å². The maximum atomic E-state index is 11.9. The van der Waals surface area contributed by atoms with Crippen LogP contribution in [0.2, 0.25) is 0 Å². The van der Waals surface area contributed by atoms with Gasteiger partial charge in [-0.25, -0.2) is 13.6 Å². The molecule has 1 amide bonds. The summed E-state index contributed by atoms with van der Waals surface area (Å²) < 4.78 is 57.5. The van der Waals surface area contributed by atoms with Crippen molar-refractivity contribution >= 4 is 27.3 Å². The fraction of sp³-hybridized carbons (Fsp3) is 0.444. The minimum atomic E-state index is -4.53. The molecule has 1 aromatic heterocycles. The fourth-order valence-electron chi connectivity index (χ4n) is 1.22. The summed E-state index contributed by atoms with van der Waals surface area (Å²) in [5.41, 5.74) is 0. The van der Waals surface area contributed by atoms with Crippen molar-refractivity contribution < 1.29 is 26.4 Å². The van der Waals surface area contributed by atoms with Crippen molar-refractivity contribution in [3.63, 3.8) is 0 Å². The van der Waals surface area contributed by atoms with Crippen LogP contribution < -0.4 is 10.5 Å². The van der Waals surface area contributed by atoms with E-state index in [2.05, 4.69) is 5.32 Å². The number of hydrogen-bond acceptors (Lipinski definition) is 4. The number of hydrogen-bond donors (Lipinski definition) is 2. The molecule has 0 aliphatic carbocycles. The second-order valence-electron chi connectivity index (χ2n) is 3.66. The summed E-state index contributed by atoms with van der Waals surface area (Å²) in [7, 11) is -3.76. The van der Waals surface area contributed by atoms with Crippen molar-refractivity contribution in [1.82, 2.24) is 5.32 Å². The number of amides is 1. The van der Waals surface area contributed by atoms with Gasteiger partial charge in [-0.1, -0.05) is 0 Å². The van der Waals surface area contributed by atoms with Crippen molar-refractivity contribution in [2.45, 2.75) is 23.2 Å². The van der Waals surface area contributed by atoms with Gasteiger partial charge < -0.3 is 5.32 Å². The molecule has 5 nitrogen and oxygen atoms in total. The van der Waals surface area contributed by atoms with Crippen molar-refractivity contribution in [3.8, 4) is 0 Å². The molecular weight excluding hydrogens is 305 g/mol. The van der Waals surface area contributed by atoms with E-state index in [1.54, 1.807) is 0 Å². The molecule has 0 saturated heterocycles. The van der Waals surface area contributed by atoms with Crippen molar-refractivity contribution in [2.75, 3.05) is 6.54 Å². The molecule has 0 aliphatic heterocycles. The first-order valence-corrected chi connectivity index (χ1v) is 7.39. The van der Waals surface area contributed by atoms with Crippen LogP contribution in [-0.4, -0.2) is 27.0 Å². The Labute approximate surface area is 111 Å². The largest absolute Gasteiger partial charge is 0.397 e. The van der Waals surface area contributed by atoms with E-state index in [0.29, 0.717) is 4.88 Å². The third-order valence-electron chi connectivity index (χ3n) is 1.97. The highest BCUT2D eigenvalue weighted by Gasteiger charge is 2.30.